The largest absolute Gasteiger partial charge is 0.219 e. The molecule has 0 aliphatic carbocycles. The number of rotatable bonds is 12. The minimum Gasteiger partial charge on any atom is -0.219 e. The van der Waals surface area contributed by atoms with Crippen molar-refractivity contribution < 1.29 is 8.42 Å². The van der Waals surface area contributed by atoms with Gasteiger partial charge in [0, 0.05) is 9.93 Å². The maximum Gasteiger partial charge on any atom is 0.202 e. The summed E-state index contributed by atoms with van der Waals surface area (Å²) in [6.45, 7) is 4.20. The van der Waals surface area contributed by atoms with Crippen molar-refractivity contribution in [1.82, 2.24) is 0 Å². The molecule has 0 saturated carbocycles. The molecule has 0 aliphatic heterocycles. The molecule has 0 N–H and O–H groups in total. The first-order valence-corrected chi connectivity index (χ1v) is 11.1. The zero-order valence-corrected chi connectivity index (χ0v) is 16.6. The number of hydrogen-bond donors (Lipinski definition) is 0. The molecular weight excluding hydrogens is 340 g/mol. The molecule has 0 aromatic heterocycles. The Labute approximate surface area is 153 Å². The summed E-state index contributed by atoms with van der Waals surface area (Å²) in [7, 11) is -3.38. The van der Waals surface area contributed by atoms with Crippen LogP contribution in [0.1, 0.15) is 78.1 Å². The van der Waals surface area contributed by atoms with E-state index in [1.165, 1.54) is 38.5 Å². The summed E-state index contributed by atoms with van der Waals surface area (Å²) in [5.41, 5.74) is 0. The molecule has 0 radical (unpaired) electrons. The van der Waals surface area contributed by atoms with Gasteiger partial charge in [0.1, 0.15) is 0 Å². The summed E-state index contributed by atoms with van der Waals surface area (Å²) >= 11 is 5.86. The molecule has 0 atom stereocenters. The molecule has 0 unspecified atom stereocenters. The second-order valence-electron chi connectivity index (χ2n) is 6.26. The number of unbranched alkanes of at least 4 members (excludes halogenated alkanes) is 7. The smallest absolute Gasteiger partial charge is 0.202 e. The fourth-order valence-electron chi connectivity index (χ4n) is 2.77. The minimum atomic E-state index is -3.38. The van der Waals surface area contributed by atoms with E-state index in [0.717, 1.165) is 19.3 Å². The van der Waals surface area contributed by atoms with Crippen LogP contribution in [0.4, 0.5) is 0 Å². The summed E-state index contributed by atoms with van der Waals surface area (Å²) in [6, 6.07) is 6.45. The Morgan fingerprint density at radius 3 is 2.00 bits per heavy atom. The molecule has 0 aliphatic rings. The molecule has 0 spiro atoms. The van der Waals surface area contributed by atoms with Crippen LogP contribution >= 0.6 is 11.6 Å². The van der Waals surface area contributed by atoms with Crippen molar-refractivity contribution in [2.75, 3.05) is 0 Å². The molecule has 0 bridgehead atoms. The summed E-state index contributed by atoms with van der Waals surface area (Å²) in [5.74, 6) is 0. The van der Waals surface area contributed by atoms with Crippen LogP contribution in [0.15, 0.2) is 40.1 Å². The van der Waals surface area contributed by atoms with E-state index in [1.54, 1.807) is 24.3 Å². The van der Waals surface area contributed by atoms with Crippen molar-refractivity contribution >= 4 is 21.4 Å². The fraction of sp³-hybridized carbons (Fsp3) is 0.600. The molecule has 0 heterocycles. The van der Waals surface area contributed by atoms with Crippen LogP contribution in [-0.2, 0) is 9.84 Å². The Morgan fingerprint density at radius 1 is 0.917 bits per heavy atom. The van der Waals surface area contributed by atoms with Gasteiger partial charge in [0.15, 0.2) is 0 Å². The average molecular weight is 371 g/mol. The standard InChI is InChI=1S/C20H31ClO2S/c1-3-5-6-7-8-9-10-11-13-19(12-4-2)24(22,23)20-16-14-18(21)15-17-20/h12,14-17H,3-11,13H2,1-2H3/b19-12+. The van der Waals surface area contributed by atoms with Gasteiger partial charge >= 0.3 is 0 Å². The van der Waals surface area contributed by atoms with Crippen LogP contribution in [0.3, 0.4) is 0 Å². The lowest BCUT2D eigenvalue weighted by Gasteiger charge is -2.10. The Balaban J connectivity index is 2.52. The van der Waals surface area contributed by atoms with Gasteiger partial charge in [-0.05, 0) is 43.5 Å². The lowest BCUT2D eigenvalue weighted by atomic mass is 10.1. The Hall–Kier alpha value is -0.800. The Morgan fingerprint density at radius 2 is 1.46 bits per heavy atom. The van der Waals surface area contributed by atoms with Gasteiger partial charge in [0.05, 0.1) is 4.90 Å². The van der Waals surface area contributed by atoms with E-state index in [-0.39, 0.29) is 0 Å². The number of halogens is 1. The normalized spacial score (nSPS) is 12.5. The molecule has 1 aromatic rings. The highest BCUT2D eigenvalue weighted by Gasteiger charge is 2.19. The van der Waals surface area contributed by atoms with Crippen molar-refractivity contribution in [1.29, 1.82) is 0 Å². The van der Waals surface area contributed by atoms with Crippen LogP contribution in [0.2, 0.25) is 5.02 Å². The summed E-state index contributed by atoms with van der Waals surface area (Å²) in [6.07, 6.45) is 12.9. The van der Waals surface area contributed by atoms with Gasteiger partial charge in [-0.25, -0.2) is 8.42 Å². The third kappa shape index (κ3) is 7.40. The number of sulfone groups is 1. The van der Waals surface area contributed by atoms with Gasteiger partial charge in [-0.15, -0.1) is 0 Å². The number of hydrogen-bond acceptors (Lipinski definition) is 2. The first kappa shape index (κ1) is 21.2. The third-order valence-corrected chi connectivity index (χ3v) is 6.38. The highest BCUT2D eigenvalue weighted by atomic mass is 35.5. The lowest BCUT2D eigenvalue weighted by Crippen LogP contribution is -2.05. The fourth-order valence-corrected chi connectivity index (χ4v) is 4.49. The Kier molecular flexibility index (Phi) is 10.4. The van der Waals surface area contributed by atoms with Crippen LogP contribution in [0.25, 0.3) is 0 Å². The van der Waals surface area contributed by atoms with E-state index in [4.69, 9.17) is 11.6 Å². The Bertz CT molecular complexity index is 589. The zero-order valence-electron chi connectivity index (χ0n) is 15.1. The highest BCUT2D eigenvalue weighted by Crippen LogP contribution is 2.25. The second-order valence-corrected chi connectivity index (χ2v) is 8.70. The molecule has 0 amide bonds. The van der Waals surface area contributed by atoms with Crippen molar-refractivity contribution in [3.8, 4) is 0 Å². The second kappa shape index (κ2) is 11.7. The predicted molar refractivity (Wildman–Crippen MR) is 104 cm³/mol. The van der Waals surface area contributed by atoms with Crippen LogP contribution < -0.4 is 0 Å². The first-order chi connectivity index (χ1) is 11.5. The molecule has 4 heteroatoms. The zero-order chi connectivity index (χ0) is 17.8. The van der Waals surface area contributed by atoms with Gasteiger partial charge in [0.2, 0.25) is 9.84 Å². The van der Waals surface area contributed by atoms with E-state index in [9.17, 15) is 8.42 Å². The van der Waals surface area contributed by atoms with Crippen molar-refractivity contribution in [3.63, 3.8) is 0 Å². The van der Waals surface area contributed by atoms with E-state index in [1.807, 2.05) is 13.0 Å². The average Bonchev–Trinajstić information content (AvgIpc) is 2.56. The van der Waals surface area contributed by atoms with Gasteiger partial charge < -0.3 is 0 Å². The summed E-state index contributed by atoms with van der Waals surface area (Å²) in [4.78, 5) is 0.893. The van der Waals surface area contributed by atoms with Crippen molar-refractivity contribution in [2.24, 2.45) is 0 Å². The topological polar surface area (TPSA) is 34.1 Å². The molecule has 136 valence electrons. The summed E-state index contributed by atoms with van der Waals surface area (Å²) in [5, 5.41) is 0.554. The maximum atomic E-state index is 12.8. The summed E-state index contributed by atoms with van der Waals surface area (Å²) < 4.78 is 25.5. The van der Waals surface area contributed by atoms with Crippen molar-refractivity contribution in [2.45, 2.75) is 83.0 Å². The monoisotopic (exact) mass is 370 g/mol. The molecular formula is C20H31ClO2S. The van der Waals surface area contributed by atoms with Crippen LogP contribution in [0, 0.1) is 0 Å². The van der Waals surface area contributed by atoms with Gasteiger partial charge in [-0.2, -0.15) is 0 Å². The van der Waals surface area contributed by atoms with Gasteiger partial charge in [-0.3, -0.25) is 0 Å². The SMILES string of the molecule is CC/C=C(\CCCCCCCCCC)S(=O)(=O)c1ccc(Cl)cc1. The first-order valence-electron chi connectivity index (χ1n) is 9.22. The quantitative estimate of drug-likeness (QED) is 0.373. The highest BCUT2D eigenvalue weighted by molar-refractivity contribution is 7.95. The molecule has 0 fully saturated rings. The van der Waals surface area contributed by atoms with E-state index in [0.29, 0.717) is 21.2 Å². The number of benzene rings is 1. The number of allylic oxidation sites excluding steroid dienone is 2. The van der Waals surface area contributed by atoms with E-state index < -0.39 is 9.84 Å². The van der Waals surface area contributed by atoms with Crippen LogP contribution in [-0.4, -0.2) is 8.42 Å². The predicted octanol–water partition coefficient (Wildman–Crippen LogP) is 6.94. The van der Waals surface area contributed by atoms with E-state index in [2.05, 4.69) is 6.92 Å². The third-order valence-electron chi connectivity index (χ3n) is 4.18. The minimum absolute atomic E-state index is 0.339. The molecule has 2 nitrogen and oxygen atoms in total. The van der Waals surface area contributed by atoms with Crippen LogP contribution in [0.5, 0.6) is 0 Å². The van der Waals surface area contributed by atoms with E-state index >= 15 is 0 Å². The van der Waals surface area contributed by atoms with Crippen molar-refractivity contribution in [3.05, 3.63) is 40.3 Å². The van der Waals surface area contributed by atoms with Gasteiger partial charge in [-0.1, -0.05) is 76.5 Å². The molecule has 0 saturated heterocycles. The molecule has 1 rings (SSSR count). The van der Waals surface area contributed by atoms with Gasteiger partial charge in [0.25, 0.3) is 0 Å². The lowest BCUT2D eigenvalue weighted by molar-refractivity contribution is 0.572. The maximum absolute atomic E-state index is 12.8. The molecule has 24 heavy (non-hydrogen) atoms. The molecule has 1 aromatic carbocycles.